The molecule has 0 aromatic rings. The van der Waals surface area contributed by atoms with E-state index in [4.69, 9.17) is 0 Å². The molecule has 0 aromatic carbocycles. The van der Waals surface area contributed by atoms with E-state index >= 15 is 0 Å². The first-order valence-electron chi connectivity index (χ1n) is 5.16. The standard InChI is InChI=1S/C10H19N.ClH/c1-2-4-9(3-1)7-10-5-6-11-8-10;/h9-11H,1-8H2;1H. The van der Waals surface area contributed by atoms with Crippen molar-refractivity contribution in [2.45, 2.75) is 38.5 Å². The summed E-state index contributed by atoms with van der Waals surface area (Å²) in [6.07, 6.45) is 9.02. The van der Waals surface area contributed by atoms with Gasteiger partial charge in [0.05, 0.1) is 0 Å². The third-order valence-corrected chi connectivity index (χ3v) is 3.30. The van der Waals surface area contributed by atoms with Crippen molar-refractivity contribution in [1.82, 2.24) is 5.32 Å². The molecule has 72 valence electrons. The van der Waals surface area contributed by atoms with Gasteiger partial charge in [-0.3, -0.25) is 0 Å². The molecule has 2 heteroatoms. The number of nitrogens with one attached hydrogen (secondary N) is 1. The highest BCUT2D eigenvalue weighted by Crippen LogP contribution is 2.31. The lowest BCUT2D eigenvalue weighted by molar-refractivity contribution is 0.397. The molecule has 1 saturated heterocycles. The van der Waals surface area contributed by atoms with Gasteiger partial charge in [0.1, 0.15) is 0 Å². The fourth-order valence-corrected chi connectivity index (χ4v) is 2.63. The van der Waals surface area contributed by atoms with Crippen molar-refractivity contribution in [3.05, 3.63) is 0 Å². The molecule has 2 rings (SSSR count). The van der Waals surface area contributed by atoms with Crippen molar-refractivity contribution in [3.63, 3.8) is 0 Å². The lowest BCUT2D eigenvalue weighted by Crippen LogP contribution is -2.11. The second-order valence-electron chi connectivity index (χ2n) is 4.25. The van der Waals surface area contributed by atoms with Gasteiger partial charge in [0.15, 0.2) is 0 Å². The van der Waals surface area contributed by atoms with Crippen LogP contribution in [0.3, 0.4) is 0 Å². The van der Waals surface area contributed by atoms with Crippen LogP contribution in [0.25, 0.3) is 0 Å². The Hall–Kier alpha value is 0.250. The lowest BCUT2D eigenvalue weighted by atomic mass is 9.93. The monoisotopic (exact) mass is 189 g/mol. The van der Waals surface area contributed by atoms with Crippen molar-refractivity contribution in [2.24, 2.45) is 11.8 Å². The van der Waals surface area contributed by atoms with Crippen LogP contribution in [0.15, 0.2) is 0 Å². The second kappa shape index (κ2) is 5.08. The van der Waals surface area contributed by atoms with E-state index in [0.29, 0.717) is 0 Å². The Morgan fingerprint density at radius 1 is 1.00 bits per heavy atom. The SMILES string of the molecule is C1CCC(CC2CCNC2)C1.Cl. The molecule has 1 heterocycles. The topological polar surface area (TPSA) is 12.0 Å². The maximum absolute atomic E-state index is 3.45. The van der Waals surface area contributed by atoms with Gasteiger partial charge in [0, 0.05) is 0 Å². The fourth-order valence-electron chi connectivity index (χ4n) is 2.63. The van der Waals surface area contributed by atoms with E-state index in [9.17, 15) is 0 Å². The summed E-state index contributed by atoms with van der Waals surface area (Å²) in [6.45, 7) is 2.58. The molecule has 1 aliphatic heterocycles. The highest BCUT2D eigenvalue weighted by Gasteiger charge is 2.21. The maximum atomic E-state index is 3.45. The van der Waals surface area contributed by atoms with Crippen molar-refractivity contribution in [1.29, 1.82) is 0 Å². The van der Waals surface area contributed by atoms with E-state index in [1.807, 2.05) is 0 Å². The third kappa shape index (κ3) is 2.63. The van der Waals surface area contributed by atoms with Gasteiger partial charge >= 0.3 is 0 Å². The van der Waals surface area contributed by atoms with Gasteiger partial charge in [0.2, 0.25) is 0 Å². The van der Waals surface area contributed by atoms with Crippen LogP contribution >= 0.6 is 12.4 Å². The van der Waals surface area contributed by atoms with Crippen LogP contribution in [0.5, 0.6) is 0 Å². The minimum absolute atomic E-state index is 0. The molecular formula is C10H20ClN. The average molecular weight is 190 g/mol. The average Bonchev–Trinajstić information content (AvgIpc) is 2.60. The van der Waals surface area contributed by atoms with E-state index in [2.05, 4.69) is 5.32 Å². The predicted octanol–water partition coefficient (Wildman–Crippen LogP) is 2.60. The second-order valence-corrected chi connectivity index (χ2v) is 4.25. The minimum atomic E-state index is 0. The normalized spacial score (nSPS) is 30.5. The molecule has 12 heavy (non-hydrogen) atoms. The summed E-state index contributed by atoms with van der Waals surface area (Å²) in [6, 6.07) is 0. The van der Waals surface area contributed by atoms with Crippen molar-refractivity contribution in [3.8, 4) is 0 Å². The summed E-state index contributed by atoms with van der Waals surface area (Å²) in [7, 11) is 0. The first kappa shape index (κ1) is 10.3. The van der Waals surface area contributed by atoms with Gasteiger partial charge in [-0.15, -0.1) is 12.4 Å². The van der Waals surface area contributed by atoms with Crippen LogP contribution in [0, 0.1) is 11.8 Å². The zero-order chi connectivity index (χ0) is 7.52. The summed E-state index contributed by atoms with van der Waals surface area (Å²) in [4.78, 5) is 0. The summed E-state index contributed by atoms with van der Waals surface area (Å²) in [5.74, 6) is 2.12. The van der Waals surface area contributed by atoms with E-state index in [1.54, 1.807) is 0 Å². The molecule has 0 spiro atoms. The van der Waals surface area contributed by atoms with Gasteiger partial charge < -0.3 is 5.32 Å². The molecule has 0 aromatic heterocycles. The van der Waals surface area contributed by atoms with Gasteiger partial charge in [-0.25, -0.2) is 0 Å². The van der Waals surface area contributed by atoms with Crippen molar-refractivity contribution in [2.75, 3.05) is 13.1 Å². The molecule has 1 nitrogen and oxygen atoms in total. The Balaban J connectivity index is 0.000000720. The highest BCUT2D eigenvalue weighted by molar-refractivity contribution is 5.85. The zero-order valence-corrected chi connectivity index (χ0v) is 8.54. The zero-order valence-electron chi connectivity index (χ0n) is 7.72. The molecule has 1 unspecified atom stereocenters. The maximum Gasteiger partial charge on any atom is -0.00199 e. The summed E-state index contributed by atoms with van der Waals surface area (Å²) in [5.41, 5.74) is 0. The summed E-state index contributed by atoms with van der Waals surface area (Å²) in [5, 5.41) is 3.45. The van der Waals surface area contributed by atoms with Crippen molar-refractivity contribution < 1.29 is 0 Å². The van der Waals surface area contributed by atoms with Crippen LogP contribution in [0.4, 0.5) is 0 Å². The fraction of sp³-hybridized carbons (Fsp3) is 1.00. The summed E-state index contributed by atoms with van der Waals surface area (Å²) >= 11 is 0. The van der Waals surface area contributed by atoms with Crippen LogP contribution in [-0.2, 0) is 0 Å². The van der Waals surface area contributed by atoms with Gasteiger partial charge in [-0.2, -0.15) is 0 Å². The third-order valence-electron chi connectivity index (χ3n) is 3.30. The van der Waals surface area contributed by atoms with Crippen LogP contribution in [0.1, 0.15) is 38.5 Å². The number of halogens is 1. The van der Waals surface area contributed by atoms with E-state index in [0.717, 1.165) is 11.8 Å². The van der Waals surface area contributed by atoms with Gasteiger partial charge in [-0.05, 0) is 37.8 Å². The molecule has 1 atom stereocenters. The molecule has 2 fully saturated rings. The summed E-state index contributed by atoms with van der Waals surface area (Å²) < 4.78 is 0. The smallest absolute Gasteiger partial charge is 0.00199 e. The molecular weight excluding hydrogens is 170 g/mol. The molecule has 0 amide bonds. The molecule has 1 saturated carbocycles. The Morgan fingerprint density at radius 3 is 2.33 bits per heavy atom. The van der Waals surface area contributed by atoms with E-state index in [1.165, 1.54) is 51.6 Å². The Bertz CT molecular complexity index is 101. The first-order chi connectivity index (χ1) is 5.45. The van der Waals surface area contributed by atoms with Gasteiger partial charge in [0.25, 0.3) is 0 Å². The number of hydrogen-bond acceptors (Lipinski definition) is 1. The Kier molecular flexibility index (Phi) is 4.38. The molecule has 0 radical (unpaired) electrons. The first-order valence-corrected chi connectivity index (χ1v) is 5.16. The number of hydrogen-bond donors (Lipinski definition) is 1. The largest absolute Gasteiger partial charge is 0.316 e. The van der Waals surface area contributed by atoms with E-state index < -0.39 is 0 Å². The van der Waals surface area contributed by atoms with Crippen LogP contribution < -0.4 is 5.32 Å². The molecule has 2 aliphatic rings. The number of rotatable bonds is 2. The molecule has 1 N–H and O–H groups in total. The quantitative estimate of drug-likeness (QED) is 0.705. The molecule has 1 aliphatic carbocycles. The lowest BCUT2D eigenvalue weighted by Gasteiger charge is -2.13. The van der Waals surface area contributed by atoms with Crippen LogP contribution in [-0.4, -0.2) is 13.1 Å². The van der Waals surface area contributed by atoms with E-state index in [-0.39, 0.29) is 12.4 Å². The minimum Gasteiger partial charge on any atom is -0.316 e. The Labute approximate surface area is 81.7 Å². The highest BCUT2D eigenvalue weighted by atomic mass is 35.5. The van der Waals surface area contributed by atoms with Gasteiger partial charge in [-0.1, -0.05) is 25.7 Å². The van der Waals surface area contributed by atoms with Crippen LogP contribution in [0.2, 0.25) is 0 Å². The molecule has 0 bridgehead atoms. The van der Waals surface area contributed by atoms with Crippen molar-refractivity contribution >= 4 is 12.4 Å². The predicted molar refractivity (Wildman–Crippen MR) is 54.8 cm³/mol. The Morgan fingerprint density at radius 2 is 1.75 bits per heavy atom.